The Morgan fingerprint density at radius 1 is 0.969 bits per heavy atom. The number of aryl methyl sites for hydroxylation is 1. The van der Waals surface area contributed by atoms with Crippen LogP contribution in [0.15, 0.2) is 77.6 Å². The van der Waals surface area contributed by atoms with E-state index in [0.29, 0.717) is 17.1 Å². The highest BCUT2D eigenvalue weighted by molar-refractivity contribution is 5.92. The van der Waals surface area contributed by atoms with Crippen LogP contribution in [0.3, 0.4) is 0 Å². The topological polar surface area (TPSA) is 63.1 Å². The second kappa shape index (κ2) is 9.01. The average molecular weight is 433 g/mol. The van der Waals surface area contributed by atoms with Crippen molar-refractivity contribution in [1.82, 2.24) is 4.57 Å². The predicted octanol–water partition coefficient (Wildman–Crippen LogP) is 4.84. The standard InChI is InChI=1S/C25H21F2N3O2/c1-16-7-8-17-12-18(14-28-20-5-3-2-4-6-20)25(32)30(23(17)11-16)15-24(31)29-22-10-9-19(26)13-21(22)27/h2-13,28H,14-15H2,1H3,(H,29,31). The number of fused-ring (bicyclic) bond motifs is 1. The van der Waals surface area contributed by atoms with Gasteiger partial charge in [-0.05, 0) is 54.3 Å². The average Bonchev–Trinajstić information content (AvgIpc) is 2.77. The molecule has 0 atom stereocenters. The highest BCUT2D eigenvalue weighted by atomic mass is 19.1. The first kappa shape index (κ1) is 21.2. The van der Waals surface area contributed by atoms with Gasteiger partial charge in [-0.2, -0.15) is 0 Å². The molecule has 4 rings (SSSR count). The van der Waals surface area contributed by atoms with Gasteiger partial charge in [-0.3, -0.25) is 14.2 Å². The number of amides is 1. The van der Waals surface area contributed by atoms with Crippen molar-refractivity contribution in [1.29, 1.82) is 0 Å². The molecule has 0 unspecified atom stereocenters. The van der Waals surface area contributed by atoms with Gasteiger partial charge in [-0.1, -0.05) is 30.3 Å². The quantitative estimate of drug-likeness (QED) is 0.457. The van der Waals surface area contributed by atoms with Crippen LogP contribution in [-0.2, 0) is 17.9 Å². The molecule has 0 saturated carbocycles. The second-order valence-corrected chi connectivity index (χ2v) is 7.52. The number of carbonyl (C=O) groups excluding carboxylic acids is 1. The van der Waals surface area contributed by atoms with Crippen LogP contribution in [-0.4, -0.2) is 10.5 Å². The SMILES string of the molecule is Cc1ccc2cc(CNc3ccccc3)c(=O)n(CC(=O)Nc3ccc(F)cc3F)c2c1. The van der Waals surface area contributed by atoms with E-state index in [1.54, 1.807) is 6.07 Å². The summed E-state index contributed by atoms with van der Waals surface area (Å²) in [6, 6.07) is 19.8. The zero-order valence-electron chi connectivity index (χ0n) is 17.4. The van der Waals surface area contributed by atoms with E-state index in [-0.39, 0.29) is 24.3 Å². The van der Waals surface area contributed by atoms with E-state index in [4.69, 9.17) is 0 Å². The molecule has 162 valence electrons. The molecule has 2 N–H and O–H groups in total. The lowest BCUT2D eigenvalue weighted by molar-refractivity contribution is -0.116. The van der Waals surface area contributed by atoms with Crippen LogP contribution in [0.25, 0.3) is 10.9 Å². The molecular weight excluding hydrogens is 412 g/mol. The van der Waals surface area contributed by atoms with Gasteiger partial charge in [-0.25, -0.2) is 8.78 Å². The van der Waals surface area contributed by atoms with Gasteiger partial charge in [0.25, 0.3) is 5.56 Å². The molecule has 0 aliphatic carbocycles. The first-order valence-electron chi connectivity index (χ1n) is 10.1. The van der Waals surface area contributed by atoms with Crippen molar-refractivity contribution in [3.63, 3.8) is 0 Å². The van der Waals surface area contributed by atoms with Crippen LogP contribution >= 0.6 is 0 Å². The van der Waals surface area contributed by atoms with Gasteiger partial charge in [0.2, 0.25) is 5.91 Å². The first-order chi connectivity index (χ1) is 15.4. The minimum atomic E-state index is -0.882. The zero-order chi connectivity index (χ0) is 22.7. The zero-order valence-corrected chi connectivity index (χ0v) is 17.4. The molecule has 7 heteroatoms. The molecule has 1 aromatic heterocycles. The molecule has 32 heavy (non-hydrogen) atoms. The molecule has 0 fully saturated rings. The third-order valence-electron chi connectivity index (χ3n) is 5.09. The van der Waals surface area contributed by atoms with Gasteiger partial charge in [0.05, 0.1) is 11.2 Å². The number of benzene rings is 3. The van der Waals surface area contributed by atoms with Crippen LogP contribution < -0.4 is 16.2 Å². The summed E-state index contributed by atoms with van der Waals surface area (Å²) in [4.78, 5) is 25.9. The van der Waals surface area contributed by atoms with Gasteiger partial charge >= 0.3 is 0 Å². The fourth-order valence-electron chi connectivity index (χ4n) is 3.50. The summed E-state index contributed by atoms with van der Waals surface area (Å²) in [6.45, 7) is 1.86. The van der Waals surface area contributed by atoms with Crippen LogP contribution in [0.1, 0.15) is 11.1 Å². The Labute approximate surface area is 183 Å². The minimum absolute atomic E-state index is 0.146. The van der Waals surface area contributed by atoms with Crippen molar-refractivity contribution in [2.45, 2.75) is 20.0 Å². The number of nitrogens with zero attached hydrogens (tertiary/aromatic N) is 1. The highest BCUT2D eigenvalue weighted by Crippen LogP contribution is 2.18. The third kappa shape index (κ3) is 4.67. The predicted molar refractivity (Wildman–Crippen MR) is 122 cm³/mol. The van der Waals surface area contributed by atoms with Crippen LogP contribution in [0, 0.1) is 18.6 Å². The lowest BCUT2D eigenvalue weighted by Crippen LogP contribution is -2.31. The molecule has 0 saturated heterocycles. The summed E-state index contributed by atoms with van der Waals surface area (Å²) in [5.74, 6) is -2.21. The summed E-state index contributed by atoms with van der Waals surface area (Å²) in [6.07, 6.45) is 0. The number of nitrogens with one attached hydrogen (secondary N) is 2. The van der Waals surface area contributed by atoms with E-state index in [1.165, 1.54) is 4.57 Å². The van der Waals surface area contributed by atoms with Crippen LogP contribution in [0.5, 0.6) is 0 Å². The number of rotatable bonds is 6. The molecule has 4 aromatic rings. The number of pyridine rings is 1. The monoisotopic (exact) mass is 433 g/mol. The number of carbonyl (C=O) groups is 1. The number of halogens is 2. The lowest BCUT2D eigenvalue weighted by atomic mass is 10.1. The van der Waals surface area contributed by atoms with Crippen LogP contribution in [0.2, 0.25) is 0 Å². The molecule has 0 radical (unpaired) electrons. The Hall–Kier alpha value is -4.00. The molecule has 0 aliphatic rings. The van der Waals surface area contributed by atoms with Gasteiger partial charge in [0.1, 0.15) is 18.2 Å². The molecule has 0 bridgehead atoms. The van der Waals surface area contributed by atoms with E-state index in [2.05, 4.69) is 10.6 Å². The Balaban J connectivity index is 1.66. The van der Waals surface area contributed by atoms with Crippen molar-refractivity contribution in [2.75, 3.05) is 10.6 Å². The smallest absolute Gasteiger partial charge is 0.256 e. The maximum atomic E-state index is 13.9. The first-order valence-corrected chi connectivity index (χ1v) is 10.1. The van der Waals surface area contributed by atoms with E-state index < -0.39 is 17.5 Å². The summed E-state index contributed by atoms with van der Waals surface area (Å²) >= 11 is 0. The molecular formula is C25H21F2N3O2. The summed E-state index contributed by atoms with van der Waals surface area (Å²) in [7, 11) is 0. The number of hydrogen-bond donors (Lipinski definition) is 2. The molecule has 1 amide bonds. The van der Waals surface area contributed by atoms with Gasteiger partial charge in [-0.15, -0.1) is 0 Å². The second-order valence-electron chi connectivity index (χ2n) is 7.52. The normalized spacial score (nSPS) is 10.8. The number of hydrogen-bond acceptors (Lipinski definition) is 3. The number of aromatic nitrogens is 1. The Morgan fingerprint density at radius 2 is 1.75 bits per heavy atom. The van der Waals surface area contributed by atoms with Crippen LogP contribution in [0.4, 0.5) is 20.2 Å². The van der Waals surface area contributed by atoms with Gasteiger partial charge in [0.15, 0.2) is 0 Å². The lowest BCUT2D eigenvalue weighted by Gasteiger charge is -2.15. The molecule has 3 aromatic carbocycles. The summed E-state index contributed by atoms with van der Waals surface area (Å²) in [5, 5.41) is 6.43. The van der Waals surface area contributed by atoms with Crippen molar-refractivity contribution in [2.24, 2.45) is 0 Å². The van der Waals surface area contributed by atoms with Crippen molar-refractivity contribution >= 4 is 28.2 Å². The molecule has 5 nitrogen and oxygen atoms in total. The number of anilines is 2. The van der Waals surface area contributed by atoms with Crippen molar-refractivity contribution in [3.8, 4) is 0 Å². The third-order valence-corrected chi connectivity index (χ3v) is 5.09. The Bertz CT molecular complexity index is 1350. The Morgan fingerprint density at radius 3 is 2.50 bits per heavy atom. The maximum Gasteiger partial charge on any atom is 0.256 e. The largest absolute Gasteiger partial charge is 0.381 e. The molecule has 0 spiro atoms. The summed E-state index contributed by atoms with van der Waals surface area (Å²) < 4.78 is 28.4. The van der Waals surface area contributed by atoms with Crippen molar-refractivity contribution in [3.05, 3.63) is 106 Å². The van der Waals surface area contributed by atoms with E-state index >= 15 is 0 Å². The highest BCUT2D eigenvalue weighted by Gasteiger charge is 2.14. The Kier molecular flexibility index (Phi) is 5.98. The van der Waals surface area contributed by atoms with Gasteiger partial charge < -0.3 is 10.6 Å². The fourth-order valence-corrected chi connectivity index (χ4v) is 3.50. The molecule has 1 heterocycles. The van der Waals surface area contributed by atoms with E-state index in [1.807, 2.05) is 55.5 Å². The van der Waals surface area contributed by atoms with E-state index in [9.17, 15) is 18.4 Å². The summed E-state index contributed by atoms with van der Waals surface area (Å²) in [5.41, 5.74) is 2.44. The van der Waals surface area contributed by atoms with E-state index in [0.717, 1.165) is 28.8 Å². The van der Waals surface area contributed by atoms with Crippen molar-refractivity contribution < 1.29 is 13.6 Å². The molecule has 0 aliphatic heterocycles. The maximum absolute atomic E-state index is 13.9. The number of para-hydroxylation sites is 1. The van der Waals surface area contributed by atoms with Gasteiger partial charge in [0, 0.05) is 23.9 Å². The fraction of sp³-hybridized carbons (Fsp3) is 0.120. The minimum Gasteiger partial charge on any atom is -0.381 e.